The fourth-order valence-corrected chi connectivity index (χ4v) is 5.01. The smallest absolute Gasteiger partial charge is 0.416 e. The molecule has 0 saturated heterocycles. The summed E-state index contributed by atoms with van der Waals surface area (Å²) in [6.07, 6.45) is -3.51. The Labute approximate surface area is 174 Å². The summed E-state index contributed by atoms with van der Waals surface area (Å²) in [7, 11) is -3.49. The average Bonchev–Trinajstić information content (AvgIpc) is 2.83. The fourth-order valence-electron chi connectivity index (χ4n) is 3.02. The minimum absolute atomic E-state index is 0.0140. The SMILES string of the molecule is CC1(C)OC(c2ccc(S(C)(=O)=O)c(Br)c2)=C(c2cccc(C(F)(F)F)c2)C1=O. The number of Topliss-reactive ketones (excluding diaryl/α,β-unsaturated/α-hetero) is 1. The molecule has 4 nitrogen and oxygen atoms in total. The van der Waals surface area contributed by atoms with Crippen molar-refractivity contribution in [1.82, 2.24) is 0 Å². The highest BCUT2D eigenvalue weighted by Crippen LogP contribution is 2.43. The summed E-state index contributed by atoms with van der Waals surface area (Å²) < 4.78 is 69.1. The van der Waals surface area contributed by atoms with Gasteiger partial charge in [-0.05, 0) is 65.7 Å². The molecule has 0 spiro atoms. The molecule has 29 heavy (non-hydrogen) atoms. The highest BCUT2D eigenvalue weighted by Gasteiger charge is 2.43. The molecule has 0 bridgehead atoms. The van der Waals surface area contributed by atoms with E-state index in [1.54, 1.807) is 0 Å². The third kappa shape index (κ3) is 4.11. The van der Waals surface area contributed by atoms with Crippen molar-refractivity contribution in [2.24, 2.45) is 0 Å². The predicted molar refractivity (Wildman–Crippen MR) is 106 cm³/mol. The van der Waals surface area contributed by atoms with Gasteiger partial charge in [0.1, 0.15) is 5.76 Å². The zero-order chi connectivity index (χ0) is 21.8. The number of carbonyl (C=O) groups excluding carboxylic acids is 1. The van der Waals surface area contributed by atoms with Gasteiger partial charge >= 0.3 is 6.18 Å². The Kier molecular flexibility index (Phi) is 5.20. The third-order valence-electron chi connectivity index (χ3n) is 4.43. The maximum atomic E-state index is 13.1. The van der Waals surface area contributed by atoms with E-state index in [-0.39, 0.29) is 26.3 Å². The van der Waals surface area contributed by atoms with E-state index < -0.39 is 33.0 Å². The van der Waals surface area contributed by atoms with Gasteiger partial charge in [0.25, 0.3) is 0 Å². The van der Waals surface area contributed by atoms with E-state index in [0.717, 1.165) is 18.4 Å². The molecule has 1 heterocycles. The van der Waals surface area contributed by atoms with Crippen molar-refractivity contribution in [2.75, 3.05) is 6.26 Å². The molecule has 1 aliphatic heterocycles. The first kappa shape index (κ1) is 21.6. The monoisotopic (exact) mass is 488 g/mol. The van der Waals surface area contributed by atoms with Crippen LogP contribution in [0, 0.1) is 0 Å². The van der Waals surface area contributed by atoms with Crippen molar-refractivity contribution >= 4 is 42.9 Å². The van der Waals surface area contributed by atoms with Crippen LogP contribution < -0.4 is 0 Å². The Morgan fingerprint density at radius 2 is 1.69 bits per heavy atom. The van der Waals surface area contributed by atoms with Crippen molar-refractivity contribution in [3.8, 4) is 0 Å². The van der Waals surface area contributed by atoms with Gasteiger partial charge in [-0.3, -0.25) is 4.79 Å². The number of alkyl halides is 3. The Bertz CT molecular complexity index is 1150. The molecule has 0 atom stereocenters. The van der Waals surface area contributed by atoms with Gasteiger partial charge in [0.2, 0.25) is 5.78 Å². The Hall–Kier alpha value is -2.13. The van der Waals surface area contributed by atoms with Crippen LogP contribution in [0.5, 0.6) is 0 Å². The Morgan fingerprint density at radius 3 is 2.24 bits per heavy atom. The molecule has 1 aliphatic rings. The summed E-state index contributed by atoms with van der Waals surface area (Å²) in [5.41, 5.74) is -1.70. The lowest BCUT2D eigenvalue weighted by molar-refractivity contribution is -0.137. The number of rotatable bonds is 3. The van der Waals surface area contributed by atoms with Crippen molar-refractivity contribution < 1.29 is 31.1 Å². The highest BCUT2D eigenvalue weighted by atomic mass is 79.9. The first-order valence-corrected chi connectivity index (χ1v) is 11.1. The zero-order valence-electron chi connectivity index (χ0n) is 15.6. The van der Waals surface area contributed by atoms with Gasteiger partial charge in [-0.15, -0.1) is 0 Å². The summed E-state index contributed by atoms with van der Waals surface area (Å²) >= 11 is 3.20. The normalized spacial score (nSPS) is 16.9. The van der Waals surface area contributed by atoms with E-state index in [2.05, 4.69) is 15.9 Å². The van der Waals surface area contributed by atoms with Crippen molar-refractivity contribution in [3.05, 3.63) is 63.6 Å². The lowest BCUT2D eigenvalue weighted by atomic mass is 9.92. The minimum atomic E-state index is -4.56. The molecule has 2 aromatic carbocycles. The molecular weight excluding hydrogens is 473 g/mol. The molecule has 0 radical (unpaired) electrons. The van der Waals surface area contributed by atoms with Gasteiger partial charge in [-0.25, -0.2) is 8.42 Å². The number of sulfone groups is 1. The third-order valence-corrected chi connectivity index (χ3v) is 6.50. The van der Waals surface area contributed by atoms with E-state index in [0.29, 0.717) is 5.56 Å². The summed E-state index contributed by atoms with van der Waals surface area (Å²) in [4.78, 5) is 13.0. The standard InChI is InChI=1S/C20H16BrF3O4S/c1-19(2)18(25)16(11-5-4-6-13(9-11)20(22,23)24)17(28-19)12-7-8-15(14(21)10-12)29(3,26)27/h4-10H,1-3H3. The van der Waals surface area contributed by atoms with Crippen molar-refractivity contribution in [3.63, 3.8) is 0 Å². The van der Waals surface area contributed by atoms with E-state index in [9.17, 15) is 26.4 Å². The molecule has 0 fully saturated rings. The molecular formula is C20H16BrF3O4S. The number of carbonyl (C=O) groups is 1. The second kappa shape index (κ2) is 6.98. The van der Waals surface area contributed by atoms with Gasteiger partial charge in [-0.2, -0.15) is 13.2 Å². The molecule has 9 heteroatoms. The molecule has 154 valence electrons. The van der Waals surface area contributed by atoms with Crippen LogP contribution in [-0.2, 0) is 25.5 Å². The lowest BCUT2D eigenvalue weighted by Crippen LogP contribution is -2.29. The average molecular weight is 489 g/mol. The molecule has 0 amide bonds. The van der Waals surface area contributed by atoms with Gasteiger partial charge in [0.05, 0.1) is 16.0 Å². The predicted octanol–water partition coefficient (Wildman–Crippen LogP) is 5.12. The zero-order valence-corrected chi connectivity index (χ0v) is 18.0. The van der Waals surface area contributed by atoms with Gasteiger partial charge in [-0.1, -0.05) is 12.1 Å². The number of benzene rings is 2. The minimum Gasteiger partial charge on any atom is -0.478 e. The molecule has 0 N–H and O–H groups in total. The van der Waals surface area contributed by atoms with Crippen LogP contribution in [0.15, 0.2) is 51.8 Å². The second-order valence-corrected chi connectivity index (χ2v) is 9.98. The molecule has 0 aliphatic carbocycles. The number of hydrogen-bond donors (Lipinski definition) is 0. The van der Waals surface area contributed by atoms with Gasteiger partial charge < -0.3 is 4.74 Å². The fraction of sp³-hybridized carbons (Fsp3) is 0.250. The van der Waals surface area contributed by atoms with Crippen LogP contribution in [0.1, 0.15) is 30.5 Å². The molecule has 0 aromatic heterocycles. The maximum absolute atomic E-state index is 13.1. The second-order valence-electron chi connectivity index (χ2n) is 7.14. The Morgan fingerprint density at radius 1 is 1.03 bits per heavy atom. The summed E-state index contributed by atoms with van der Waals surface area (Å²) in [5, 5.41) is 0. The summed E-state index contributed by atoms with van der Waals surface area (Å²) in [6.45, 7) is 3.05. The van der Waals surface area contributed by atoms with Crippen LogP contribution in [0.2, 0.25) is 0 Å². The quantitative estimate of drug-likeness (QED) is 0.601. The van der Waals surface area contributed by atoms with Crippen molar-refractivity contribution in [2.45, 2.75) is 30.5 Å². The first-order chi connectivity index (χ1) is 13.2. The van der Waals surface area contributed by atoms with Gasteiger partial charge in [0.15, 0.2) is 15.4 Å². The number of halogens is 4. The summed E-state index contributed by atoms with van der Waals surface area (Å²) in [5.74, 6) is -0.366. The van der Waals surface area contributed by atoms with Crippen LogP contribution in [0.25, 0.3) is 11.3 Å². The van der Waals surface area contributed by atoms with Crippen LogP contribution in [-0.4, -0.2) is 26.1 Å². The molecule has 3 rings (SSSR count). The van der Waals surface area contributed by atoms with Crippen molar-refractivity contribution in [1.29, 1.82) is 0 Å². The van der Waals surface area contributed by atoms with E-state index in [1.165, 1.54) is 44.2 Å². The van der Waals surface area contributed by atoms with E-state index in [4.69, 9.17) is 4.74 Å². The number of hydrogen-bond acceptors (Lipinski definition) is 4. The van der Waals surface area contributed by atoms with Crippen LogP contribution in [0.3, 0.4) is 0 Å². The number of ketones is 1. The molecule has 2 aromatic rings. The lowest BCUT2D eigenvalue weighted by Gasteiger charge is -2.18. The maximum Gasteiger partial charge on any atom is 0.416 e. The largest absolute Gasteiger partial charge is 0.478 e. The van der Waals surface area contributed by atoms with Gasteiger partial charge in [0, 0.05) is 16.3 Å². The Balaban J connectivity index is 2.23. The van der Waals surface area contributed by atoms with E-state index >= 15 is 0 Å². The van der Waals surface area contributed by atoms with E-state index in [1.807, 2.05) is 0 Å². The van der Waals surface area contributed by atoms with Crippen LogP contribution in [0.4, 0.5) is 13.2 Å². The number of ether oxygens (including phenoxy) is 1. The van der Waals surface area contributed by atoms with Crippen LogP contribution >= 0.6 is 15.9 Å². The molecule has 0 saturated carbocycles. The first-order valence-electron chi connectivity index (χ1n) is 8.37. The molecule has 0 unspecified atom stereocenters. The summed E-state index contributed by atoms with van der Waals surface area (Å²) in [6, 6.07) is 8.74. The highest BCUT2D eigenvalue weighted by molar-refractivity contribution is 9.10. The topological polar surface area (TPSA) is 60.4 Å².